The van der Waals surface area contributed by atoms with Crippen LogP contribution in [-0.4, -0.2) is 36.5 Å². The molecule has 0 atom stereocenters. The van der Waals surface area contributed by atoms with Crippen LogP contribution in [0.5, 0.6) is 5.75 Å². The molecule has 0 aliphatic carbocycles. The first-order valence-electron chi connectivity index (χ1n) is 11.4. The summed E-state index contributed by atoms with van der Waals surface area (Å²) in [5.74, 6) is 0.206. The molecule has 0 bridgehead atoms. The standard InChI is InChI=1S/C27H27F3N2O4/c1-2-25(31-36-18-20-8-12-22(13-9-20)27(28,29)30)21-10-14-24(15-11-21)35-19-26(34)32(16-17-33)23-6-4-3-5-7-23/h3-15,33H,2,16-19H2,1H3/b31-25+. The number of aliphatic hydroxyl groups excluding tert-OH is 1. The summed E-state index contributed by atoms with van der Waals surface area (Å²) in [7, 11) is 0. The number of hydrogen-bond donors (Lipinski definition) is 1. The van der Waals surface area contributed by atoms with Gasteiger partial charge in [-0.25, -0.2) is 0 Å². The second kappa shape index (κ2) is 12.7. The first-order chi connectivity index (χ1) is 17.3. The molecule has 0 aliphatic heterocycles. The van der Waals surface area contributed by atoms with Crippen molar-refractivity contribution in [2.24, 2.45) is 5.16 Å². The summed E-state index contributed by atoms with van der Waals surface area (Å²) in [4.78, 5) is 19.5. The van der Waals surface area contributed by atoms with Crippen LogP contribution in [-0.2, 0) is 22.4 Å². The fourth-order valence-electron chi connectivity index (χ4n) is 3.37. The number of benzene rings is 3. The van der Waals surface area contributed by atoms with Crippen molar-refractivity contribution in [3.63, 3.8) is 0 Å². The number of halogens is 3. The van der Waals surface area contributed by atoms with Crippen molar-refractivity contribution in [1.82, 2.24) is 0 Å². The summed E-state index contributed by atoms with van der Waals surface area (Å²) < 4.78 is 43.7. The van der Waals surface area contributed by atoms with Gasteiger partial charge in [-0.2, -0.15) is 13.2 Å². The molecule has 0 saturated heterocycles. The molecule has 190 valence electrons. The van der Waals surface area contributed by atoms with Crippen LogP contribution in [0.2, 0.25) is 0 Å². The van der Waals surface area contributed by atoms with Gasteiger partial charge in [0.1, 0.15) is 12.4 Å². The second-order valence-corrected chi connectivity index (χ2v) is 7.78. The fourth-order valence-corrected chi connectivity index (χ4v) is 3.37. The maximum Gasteiger partial charge on any atom is 0.416 e. The van der Waals surface area contributed by atoms with Crippen molar-refractivity contribution < 1.29 is 32.6 Å². The van der Waals surface area contributed by atoms with E-state index in [-0.39, 0.29) is 32.3 Å². The smallest absolute Gasteiger partial charge is 0.416 e. The number of para-hydroxylation sites is 1. The number of carbonyl (C=O) groups excluding carboxylic acids is 1. The van der Waals surface area contributed by atoms with Crippen LogP contribution < -0.4 is 9.64 Å². The maximum absolute atomic E-state index is 12.7. The molecule has 1 amide bonds. The van der Waals surface area contributed by atoms with Crippen molar-refractivity contribution in [1.29, 1.82) is 0 Å². The molecule has 0 fully saturated rings. The van der Waals surface area contributed by atoms with E-state index in [1.54, 1.807) is 36.4 Å². The van der Waals surface area contributed by atoms with E-state index in [1.165, 1.54) is 17.0 Å². The monoisotopic (exact) mass is 500 g/mol. The Morgan fingerprint density at radius 1 is 0.972 bits per heavy atom. The van der Waals surface area contributed by atoms with Crippen LogP contribution in [0.1, 0.15) is 30.0 Å². The Hall–Kier alpha value is -3.85. The number of alkyl halides is 3. The molecule has 0 radical (unpaired) electrons. The van der Waals surface area contributed by atoms with Gasteiger partial charge < -0.3 is 19.6 Å². The lowest BCUT2D eigenvalue weighted by molar-refractivity contribution is -0.137. The average molecular weight is 501 g/mol. The number of hydrogen-bond acceptors (Lipinski definition) is 5. The van der Waals surface area contributed by atoms with Crippen LogP contribution in [0.25, 0.3) is 0 Å². The maximum atomic E-state index is 12.7. The molecule has 6 nitrogen and oxygen atoms in total. The highest BCUT2D eigenvalue weighted by Crippen LogP contribution is 2.29. The van der Waals surface area contributed by atoms with Gasteiger partial charge in [0.2, 0.25) is 0 Å². The van der Waals surface area contributed by atoms with Gasteiger partial charge in [-0.3, -0.25) is 4.79 Å². The quantitative estimate of drug-likeness (QED) is 0.281. The number of anilines is 1. The third-order valence-corrected chi connectivity index (χ3v) is 5.26. The molecule has 0 spiro atoms. The van der Waals surface area contributed by atoms with Crippen LogP contribution in [0.15, 0.2) is 84.0 Å². The summed E-state index contributed by atoms with van der Waals surface area (Å²) in [5, 5.41) is 13.4. The van der Waals surface area contributed by atoms with Crippen molar-refractivity contribution >= 4 is 17.3 Å². The highest BCUT2D eigenvalue weighted by Gasteiger charge is 2.29. The number of carbonyl (C=O) groups is 1. The Morgan fingerprint density at radius 3 is 2.22 bits per heavy atom. The predicted octanol–water partition coefficient (Wildman–Crippen LogP) is 5.44. The van der Waals surface area contributed by atoms with Gasteiger partial charge in [-0.1, -0.05) is 42.4 Å². The summed E-state index contributed by atoms with van der Waals surface area (Å²) in [6, 6.07) is 20.8. The van der Waals surface area contributed by atoms with Crippen LogP contribution in [0.3, 0.4) is 0 Å². The predicted molar refractivity (Wildman–Crippen MR) is 131 cm³/mol. The molecule has 36 heavy (non-hydrogen) atoms. The lowest BCUT2D eigenvalue weighted by atomic mass is 10.1. The van der Waals surface area contributed by atoms with E-state index in [0.717, 1.165) is 17.7 Å². The number of amides is 1. The van der Waals surface area contributed by atoms with E-state index in [1.807, 2.05) is 25.1 Å². The molecule has 1 N–H and O–H groups in total. The molecule has 0 aromatic heterocycles. The van der Waals surface area contributed by atoms with E-state index < -0.39 is 11.7 Å². The van der Waals surface area contributed by atoms with Gasteiger partial charge in [0.15, 0.2) is 6.61 Å². The van der Waals surface area contributed by atoms with Crippen LogP contribution in [0.4, 0.5) is 18.9 Å². The summed E-state index contributed by atoms with van der Waals surface area (Å²) in [5.41, 5.74) is 1.98. The SMILES string of the molecule is CC/C(=N\OCc1ccc(C(F)(F)F)cc1)c1ccc(OCC(=O)N(CCO)c2ccccc2)cc1. The highest BCUT2D eigenvalue weighted by molar-refractivity contribution is 6.00. The number of ether oxygens (including phenoxy) is 1. The minimum Gasteiger partial charge on any atom is -0.484 e. The topological polar surface area (TPSA) is 71.4 Å². The molecular weight excluding hydrogens is 473 g/mol. The van der Waals surface area contributed by atoms with E-state index in [4.69, 9.17) is 9.57 Å². The molecule has 0 aliphatic rings. The Kier molecular flexibility index (Phi) is 9.46. The molecule has 3 aromatic carbocycles. The zero-order chi connectivity index (χ0) is 26.0. The van der Waals surface area contributed by atoms with Gasteiger partial charge in [-0.05, 0) is 66.1 Å². The molecule has 0 heterocycles. The number of aliphatic hydroxyl groups is 1. The first kappa shape index (κ1) is 26.7. The van der Waals surface area contributed by atoms with E-state index >= 15 is 0 Å². The van der Waals surface area contributed by atoms with Crippen molar-refractivity contribution in [2.75, 3.05) is 24.7 Å². The zero-order valence-electron chi connectivity index (χ0n) is 19.7. The highest BCUT2D eigenvalue weighted by atomic mass is 19.4. The minimum atomic E-state index is -4.38. The molecule has 0 saturated carbocycles. The number of nitrogens with zero attached hydrogens (tertiary/aromatic N) is 2. The van der Waals surface area contributed by atoms with Gasteiger partial charge in [-0.15, -0.1) is 0 Å². The van der Waals surface area contributed by atoms with Crippen LogP contribution in [0, 0.1) is 0 Å². The van der Waals surface area contributed by atoms with Gasteiger partial charge in [0, 0.05) is 12.2 Å². The third kappa shape index (κ3) is 7.58. The Labute approximate surface area is 207 Å². The fraction of sp³-hybridized carbons (Fsp3) is 0.259. The lowest BCUT2D eigenvalue weighted by Crippen LogP contribution is -2.37. The van der Waals surface area contributed by atoms with Gasteiger partial charge >= 0.3 is 6.18 Å². The molecule has 0 unspecified atom stereocenters. The van der Waals surface area contributed by atoms with Gasteiger partial charge in [0.25, 0.3) is 5.91 Å². The van der Waals surface area contributed by atoms with E-state index in [9.17, 15) is 23.1 Å². The molecule has 9 heteroatoms. The summed E-state index contributed by atoms with van der Waals surface area (Å²) in [6.07, 6.45) is -3.81. The normalized spacial score (nSPS) is 11.8. The Bertz CT molecular complexity index is 1130. The minimum absolute atomic E-state index is 0.0384. The average Bonchev–Trinajstić information content (AvgIpc) is 2.89. The number of rotatable bonds is 11. The second-order valence-electron chi connectivity index (χ2n) is 7.78. The van der Waals surface area contributed by atoms with Crippen molar-refractivity contribution in [3.05, 3.63) is 95.6 Å². The summed E-state index contributed by atoms with van der Waals surface area (Å²) >= 11 is 0. The first-order valence-corrected chi connectivity index (χ1v) is 11.4. The van der Waals surface area contributed by atoms with Crippen LogP contribution >= 0.6 is 0 Å². The Balaban J connectivity index is 1.56. The third-order valence-electron chi connectivity index (χ3n) is 5.26. The van der Waals surface area contributed by atoms with Crippen molar-refractivity contribution in [3.8, 4) is 5.75 Å². The van der Waals surface area contributed by atoms with E-state index in [0.29, 0.717) is 29.1 Å². The molecule has 3 aromatic rings. The summed E-state index contributed by atoms with van der Waals surface area (Å²) in [6.45, 7) is 1.74. The molecular formula is C27H27F3N2O4. The van der Waals surface area contributed by atoms with Crippen molar-refractivity contribution in [2.45, 2.75) is 26.1 Å². The zero-order valence-corrected chi connectivity index (χ0v) is 19.7. The Morgan fingerprint density at radius 2 is 1.64 bits per heavy atom. The number of oxime groups is 1. The molecule has 3 rings (SSSR count). The largest absolute Gasteiger partial charge is 0.484 e. The van der Waals surface area contributed by atoms with E-state index in [2.05, 4.69) is 5.16 Å². The lowest BCUT2D eigenvalue weighted by Gasteiger charge is -2.22. The van der Waals surface area contributed by atoms with Gasteiger partial charge in [0.05, 0.1) is 17.9 Å².